The molecule has 2 saturated carbocycles. The average molecular weight is 582 g/mol. The van der Waals surface area contributed by atoms with E-state index in [0.717, 1.165) is 5.56 Å². The standard InChI is InChI=1S/C30H32FN3O8/c1-33(2)22-18-8-13-7-17-20(24(36)19(13)27(38)30(18,41)28(39)21(25(22)37)29(32)40)23(35)16-6-12(9-34-10-14(31)11-34)4-5-15(16)26(17)42-3/h4-6,13-14,18-19,21-22,35,41H,7-11H2,1-3H3,(H2,32,40)/t13-,18-,19?,21?,22-,30-/m0/s1. The second-order valence-electron chi connectivity index (χ2n) is 12.2. The minimum atomic E-state index is -2.79. The predicted octanol–water partition coefficient (Wildman–Crippen LogP) is 0.183. The summed E-state index contributed by atoms with van der Waals surface area (Å²) >= 11 is 0. The number of likely N-dealkylation sites (tertiary alicyclic amines) is 1. The van der Waals surface area contributed by atoms with Crippen molar-refractivity contribution in [2.45, 2.75) is 37.2 Å². The maximum atomic E-state index is 14.1. The zero-order valence-electron chi connectivity index (χ0n) is 23.4. The Bertz CT molecular complexity index is 1580. The van der Waals surface area contributed by atoms with Crippen molar-refractivity contribution in [3.63, 3.8) is 0 Å². The van der Waals surface area contributed by atoms with Crippen LogP contribution >= 0.6 is 0 Å². The number of primary amides is 1. The third kappa shape index (κ3) is 3.78. The molecule has 4 N–H and O–H groups in total. The van der Waals surface area contributed by atoms with E-state index in [9.17, 15) is 38.6 Å². The van der Waals surface area contributed by atoms with Gasteiger partial charge in [0, 0.05) is 41.9 Å². The van der Waals surface area contributed by atoms with Gasteiger partial charge in [0.1, 0.15) is 17.7 Å². The number of nitrogens with two attached hydrogens (primary N) is 1. The molecule has 0 bridgehead atoms. The number of fused-ring (bicyclic) bond motifs is 4. The molecule has 3 fully saturated rings. The van der Waals surface area contributed by atoms with Crippen LogP contribution in [0.15, 0.2) is 18.2 Å². The maximum absolute atomic E-state index is 14.1. The number of ketones is 4. The molecule has 1 saturated heterocycles. The normalized spacial score (nSPS) is 31.5. The van der Waals surface area contributed by atoms with Gasteiger partial charge in [0.2, 0.25) is 5.91 Å². The Balaban J connectivity index is 1.47. The summed E-state index contributed by atoms with van der Waals surface area (Å²) in [6, 6.07) is 4.13. The number of carbonyl (C=O) groups is 5. The summed E-state index contributed by atoms with van der Waals surface area (Å²) in [4.78, 5) is 70.3. The van der Waals surface area contributed by atoms with E-state index >= 15 is 0 Å². The number of phenolic OH excluding ortho intramolecular Hbond substituents is 1. The van der Waals surface area contributed by atoms with Crippen LogP contribution in [0.25, 0.3) is 10.8 Å². The molecule has 42 heavy (non-hydrogen) atoms. The number of carbonyl (C=O) groups excluding carboxylic acids is 5. The lowest BCUT2D eigenvalue weighted by Gasteiger charge is -2.52. The number of aliphatic hydroxyl groups is 1. The number of phenols is 1. The van der Waals surface area contributed by atoms with Crippen LogP contribution in [-0.2, 0) is 32.1 Å². The van der Waals surface area contributed by atoms with E-state index in [1.165, 1.54) is 26.1 Å². The van der Waals surface area contributed by atoms with Gasteiger partial charge >= 0.3 is 0 Å². The van der Waals surface area contributed by atoms with Gasteiger partial charge in [-0.3, -0.25) is 33.8 Å². The van der Waals surface area contributed by atoms with Gasteiger partial charge in [-0.05, 0) is 44.5 Å². The van der Waals surface area contributed by atoms with E-state index in [1.54, 1.807) is 12.1 Å². The molecule has 6 atom stereocenters. The van der Waals surface area contributed by atoms with E-state index in [-0.39, 0.29) is 24.2 Å². The van der Waals surface area contributed by atoms with Crippen molar-refractivity contribution in [2.24, 2.45) is 29.4 Å². The van der Waals surface area contributed by atoms with Crippen molar-refractivity contribution in [3.05, 3.63) is 34.9 Å². The number of hydrogen-bond donors (Lipinski definition) is 3. The third-order valence-corrected chi connectivity index (χ3v) is 9.57. The molecule has 2 aromatic rings. The van der Waals surface area contributed by atoms with Crippen LogP contribution in [0.1, 0.15) is 27.9 Å². The highest BCUT2D eigenvalue weighted by molar-refractivity contribution is 6.32. The molecule has 12 heteroatoms. The molecule has 1 aliphatic heterocycles. The Kier molecular flexibility index (Phi) is 6.52. The molecular formula is C30H32FN3O8. The Hall–Kier alpha value is -3.74. The summed E-state index contributed by atoms with van der Waals surface area (Å²) in [5.74, 6) is -10.7. The summed E-state index contributed by atoms with van der Waals surface area (Å²) in [6.07, 6.45) is -0.818. The van der Waals surface area contributed by atoms with Gasteiger partial charge in [-0.15, -0.1) is 0 Å². The molecule has 2 unspecified atom stereocenters. The number of Topliss-reactive ketones (excluding diaryl/α,β-unsaturated/α-hetero) is 4. The fraction of sp³-hybridized carbons (Fsp3) is 0.500. The van der Waals surface area contributed by atoms with E-state index < -0.39 is 70.5 Å². The first-order valence-corrected chi connectivity index (χ1v) is 13.9. The van der Waals surface area contributed by atoms with Crippen molar-refractivity contribution < 1.29 is 43.3 Å². The highest BCUT2D eigenvalue weighted by Gasteiger charge is 2.69. The molecule has 1 amide bonds. The topological polar surface area (TPSA) is 168 Å². The molecule has 222 valence electrons. The second kappa shape index (κ2) is 9.65. The molecule has 3 aliphatic carbocycles. The van der Waals surface area contributed by atoms with Crippen molar-refractivity contribution in [1.29, 1.82) is 0 Å². The highest BCUT2D eigenvalue weighted by atomic mass is 19.1. The van der Waals surface area contributed by atoms with Crippen LogP contribution in [0.2, 0.25) is 0 Å². The minimum Gasteiger partial charge on any atom is -0.507 e. The molecule has 0 aromatic heterocycles. The Morgan fingerprint density at radius 3 is 2.45 bits per heavy atom. The smallest absolute Gasteiger partial charge is 0.235 e. The predicted molar refractivity (Wildman–Crippen MR) is 146 cm³/mol. The molecule has 11 nitrogen and oxygen atoms in total. The number of halogens is 1. The van der Waals surface area contributed by atoms with Gasteiger partial charge < -0.3 is 20.7 Å². The van der Waals surface area contributed by atoms with E-state index in [1.807, 2.05) is 11.0 Å². The maximum Gasteiger partial charge on any atom is 0.235 e. The van der Waals surface area contributed by atoms with Crippen LogP contribution in [0.3, 0.4) is 0 Å². The number of hydrogen-bond acceptors (Lipinski definition) is 10. The summed E-state index contributed by atoms with van der Waals surface area (Å²) in [5, 5.41) is 24.0. The van der Waals surface area contributed by atoms with E-state index in [2.05, 4.69) is 0 Å². The van der Waals surface area contributed by atoms with Crippen molar-refractivity contribution in [1.82, 2.24) is 9.80 Å². The quantitative estimate of drug-likeness (QED) is 0.415. The lowest BCUT2D eigenvalue weighted by Crippen LogP contribution is -2.74. The van der Waals surface area contributed by atoms with Gasteiger partial charge in [0.05, 0.1) is 24.6 Å². The van der Waals surface area contributed by atoms with E-state index in [4.69, 9.17) is 10.5 Å². The Morgan fingerprint density at radius 2 is 1.86 bits per heavy atom. The summed E-state index contributed by atoms with van der Waals surface area (Å²) < 4.78 is 19.1. The Labute approximate surface area is 240 Å². The monoisotopic (exact) mass is 581 g/mol. The summed E-state index contributed by atoms with van der Waals surface area (Å²) in [5.41, 5.74) is 3.63. The number of likely N-dealkylation sites (N-methyl/N-ethyl adjacent to an activating group) is 1. The minimum absolute atomic E-state index is 0.0454. The van der Waals surface area contributed by atoms with Crippen molar-refractivity contribution in [3.8, 4) is 11.5 Å². The molecule has 1 heterocycles. The van der Waals surface area contributed by atoms with E-state index in [0.29, 0.717) is 41.7 Å². The number of rotatable bonds is 5. The number of alkyl halides is 1. The average Bonchev–Trinajstić information content (AvgIpc) is 2.90. The first-order chi connectivity index (χ1) is 19.8. The largest absolute Gasteiger partial charge is 0.507 e. The van der Waals surface area contributed by atoms with Gasteiger partial charge in [0.25, 0.3) is 0 Å². The first-order valence-electron chi connectivity index (χ1n) is 13.9. The fourth-order valence-corrected chi connectivity index (χ4v) is 7.71. The van der Waals surface area contributed by atoms with Crippen LogP contribution in [0.4, 0.5) is 4.39 Å². The fourth-order valence-electron chi connectivity index (χ4n) is 7.71. The first kappa shape index (κ1) is 28.4. The van der Waals surface area contributed by atoms with Crippen LogP contribution in [-0.4, -0.2) is 101 Å². The Morgan fingerprint density at radius 1 is 1.17 bits per heavy atom. The van der Waals surface area contributed by atoms with Crippen LogP contribution in [0, 0.1) is 23.7 Å². The number of amides is 1. The van der Waals surface area contributed by atoms with Gasteiger partial charge in [0.15, 0.2) is 34.7 Å². The van der Waals surface area contributed by atoms with Gasteiger partial charge in [-0.2, -0.15) is 0 Å². The lowest BCUT2D eigenvalue weighted by molar-refractivity contribution is -0.181. The molecule has 6 rings (SSSR count). The number of methoxy groups -OCH3 is 1. The lowest BCUT2D eigenvalue weighted by atomic mass is 9.52. The number of nitrogens with zero attached hydrogens (tertiary/aromatic N) is 2. The third-order valence-electron chi connectivity index (χ3n) is 9.57. The van der Waals surface area contributed by atoms with Crippen molar-refractivity contribution in [2.75, 3.05) is 34.3 Å². The SMILES string of the molecule is COc1c2c(c(O)c3cc(CN4CC(F)C4)ccc13)C(=O)C1C(=O)[C@]3(O)C(=O)C(C(N)=O)C(=O)[C@@H](N(C)C)[C@@H]3C[C@@H]1C2. The molecule has 0 spiro atoms. The zero-order chi connectivity index (χ0) is 30.4. The second-order valence-corrected chi connectivity index (χ2v) is 12.2. The molecular weight excluding hydrogens is 549 g/mol. The number of benzene rings is 2. The van der Waals surface area contributed by atoms with Gasteiger partial charge in [-0.25, -0.2) is 4.39 Å². The molecule has 4 aliphatic rings. The summed E-state index contributed by atoms with van der Waals surface area (Å²) in [7, 11) is 4.51. The number of ether oxygens (including phenoxy) is 1. The summed E-state index contributed by atoms with van der Waals surface area (Å²) in [6.45, 7) is 1.05. The number of aromatic hydroxyl groups is 1. The van der Waals surface area contributed by atoms with Crippen LogP contribution in [0.5, 0.6) is 11.5 Å². The van der Waals surface area contributed by atoms with Gasteiger partial charge in [-0.1, -0.05) is 12.1 Å². The molecule has 2 aromatic carbocycles. The zero-order valence-corrected chi connectivity index (χ0v) is 23.4. The van der Waals surface area contributed by atoms with Crippen molar-refractivity contribution >= 4 is 39.8 Å². The highest BCUT2D eigenvalue weighted by Crippen LogP contribution is 2.53. The molecule has 0 radical (unpaired) electrons. The van der Waals surface area contributed by atoms with Crippen LogP contribution < -0.4 is 10.5 Å².